The van der Waals surface area contributed by atoms with Gasteiger partial charge in [0.25, 0.3) is 5.69 Å². The molecule has 18 heavy (non-hydrogen) atoms. The average Bonchev–Trinajstić information content (AvgIpc) is 2.34. The van der Waals surface area contributed by atoms with E-state index in [2.05, 4.69) is 0 Å². The number of nitro groups is 1. The number of nitrogens with zero attached hydrogens (tertiary/aromatic N) is 2. The standard InChI is InChI=1S/C12H18N2O4/c1-13(2)6-7-18-9-12(15)10-4-3-5-11(8-10)14(16)17/h3-5,8,12,15H,6-7,9H2,1-2H3. The molecule has 1 aromatic rings. The first kappa shape index (κ1) is 14.6. The first-order valence-electron chi connectivity index (χ1n) is 5.65. The van der Waals surface area contributed by atoms with Gasteiger partial charge in [-0.2, -0.15) is 0 Å². The quantitative estimate of drug-likeness (QED) is 0.449. The molecule has 6 nitrogen and oxygen atoms in total. The monoisotopic (exact) mass is 254 g/mol. The highest BCUT2D eigenvalue weighted by molar-refractivity contribution is 5.35. The highest BCUT2D eigenvalue weighted by Crippen LogP contribution is 2.19. The number of nitro benzene ring substituents is 1. The summed E-state index contributed by atoms with van der Waals surface area (Å²) in [6.07, 6.45) is -0.841. The molecule has 1 unspecified atom stereocenters. The molecule has 6 heteroatoms. The van der Waals surface area contributed by atoms with E-state index >= 15 is 0 Å². The predicted octanol–water partition coefficient (Wildman–Crippen LogP) is 1.21. The van der Waals surface area contributed by atoms with E-state index in [0.717, 1.165) is 6.54 Å². The van der Waals surface area contributed by atoms with Crippen LogP contribution < -0.4 is 0 Å². The molecule has 0 aliphatic heterocycles. The average molecular weight is 254 g/mol. The van der Waals surface area contributed by atoms with E-state index in [-0.39, 0.29) is 12.3 Å². The zero-order valence-electron chi connectivity index (χ0n) is 10.6. The Morgan fingerprint density at radius 1 is 1.50 bits per heavy atom. The summed E-state index contributed by atoms with van der Waals surface area (Å²) in [5.74, 6) is 0. The number of non-ortho nitro benzene ring substituents is 1. The van der Waals surface area contributed by atoms with Crippen molar-refractivity contribution in [2.24, 2.45) is 0 Å². The van der Waals surface area contributed by atoms with Crippen molar-refractivity contribution in [3.8, 4) is 0 Å². The van der Waals surface area contributed by atoms with E-state index in [9.17, 15) is 15.2 Å². The van der Waals surface area contributed by atoms with Crippen molar-refractivity contribution in [3.05, 3.63) is 39.9 Å². The van der Waals surface area contributed by atoms with E-state index in [1.54, 1.807) is 12.1 Å². The summed E-state index contributed by atoms with van der Waals surface area (Å²) in [7, 11) is 3.86. The molecule has 0 aliphatic carbocycles. The molecule has 0 fully saturated rings. The maximum atomic E-state index is 10.6. The predicted molar refractivity (Wildman–Crippen MR) is 67.4 cm³/mol. The van der Waals surface area contributed by atoms with Gasteiger partial charge in [-0.05, 0) is 19.7 Å². The number of hydrogen-bond acceptors (Lipinski definition) is 5. The van der Waals surface area contributed by atoms with E-state index in [1.165, 1.54) is 12.1 Å². The fourth-order valence-electron chi connectivity index (χ4n) is 1.38. The first-order valence-corrected chi connectivity index (χ1v) is 5.65. The van der Waals surface area contributed by atoms with Crippen molar-refractivity contribution < 1.29 is 14.8 Å². The molecule has 1 N–H and O–H groups in total. The molecule has 0 bridgehead atoms. The smallest absolute Gasteiger partial charge is 0.269 e. The largest absolute Gasteiger partial charge is 0.386 e. The second kappa shape index (κ2) is 7.05. The number of rotatable bonds is 7. The molecule has 0 saturated heterocycles. The second-order valence-electron chi connectivity index (χ2n) is 4.25. The summed E-state index contributed by atoms with van der Waals surface area (Å²) in [5, 5.41) is 20.4. The summed E-state index contributed by atoms with van der Waals surface area (Å²) < 4.78 is 5.30. The van der Waals surface area contributed by atoms with Crippen molar-refractivity contribution in [1.29, 1.82) is 0 Å². The number of likely N-dealkylation sites (N-methyl/N-ethyl adjacent to an activating group) is 1. The van der Waals surface area contributed by atoms with Crippen LogP contribution in [0.3, 0.4) is 0 Å². The van der Waals surface area contributed by atoms with Crippen LogP contribution in [0.25, 0.3) is 0 Å². The van der Waals surface area contributed by atoms with Crippen LogP contribution in [-0.4, -0.2) is 48.8 Å². The van der Waals surface area contributed by atoms with Crippen LogP contribution in [0, 0.1) is 10.1 Å². The summed E-state index contributed by atoms with van der Waals surface area (Å²) >= 11 is 0. The molecule has 0 amide bonds. The molecule has 1 atom stereocenters. The van der Waals surface area contributed by atoms with E-state index in [1.807, 2.05) is 19.0 Å². The van der Waals surface area contributed by atoms with Gasteiger partial charge in [0.1, 0.15) is 6.10 Å². The molecule has 0 radical (unpaired) electrons. The summed E-state index contributed by atoms with van der Waals surface area (Å²) in [5.41, 5.74) is 0.467. The lowest BCUT2D eigenvalue weighted by atomic mass is 10.1. The van der Waals surface area contributed by atoms with E-state index in [0.29, 0.717) is 12.2 Å². The van der Waals surface area contributed by atoms with Crippen LogP contribution in [-0.2, 0) is 4.74 Å². The van der Waals surface area contributed by atoms with Crippen LogP contribution >= 0.6 is 0 Å². The Labute approximate surface area is 106 Å². The maximum absolute atomic E-state index is 10.6. The normalized spacial score (nSPS) is 12.7. The minimum absolute atomic E-state index is 0.0279. The third-order valence-corrected chi connectivity index (χ3v) is 2.42. The summed E-state index contributed by atoms with van der Waals surface area (Å²) in [4.78, 5) is 12.1. The molecule has 100 valence electrons. The minimum atomic E-state index is -0.841. The molecule has 1 aromatic carbocycles. The third-order valence-electron chi connectivity index (χ3n) is 2.42. The molecular formula is C12H18N2O4. The Morgan fingerprint density at radius 2 is 2.22 bits per heavy atom. The van der Waals surface area contributed by atoms with Crippen LogP contribution in [0.4, 0.5) is 5.69 Å². The molecule has 0 aromatic heterocycles. The van der Waals surface area contributed by atoms with E-state index in [4.69, 9.17) is 4.74 Å². The van der Waals surface area contributed by atoms with Gasteiger partial charge in [0.15, 0.2) is 0 Å². The number of aliphatic hydroxyl groups excluding tert-OH is 1. The van der Waals surface area contributed by atoms with Gasteiger partial charge < -0.3 is 14.7 Å². The molecular weight excluding hydrogens is 236 g/mol. The van der Waals surface area contributed by atoms with Crippen LogP contribution in [0.2, 0.25) is 0 Å². The zero-order valence-corrected chi connectivity index (χ0v) is 10.6. The number of benzene rings is 1. The van der Waals surface area contributed by atoms with Gasteiger partial charge in [0.2, 0.25) is 0 Å². The molecule has 1 rings (SSSR count). The Kier molecular flexibility index (Phi) is 5.70. The third kappa shape index (κ3) is 4.79. The van der Waals surface area contributed by atoms with Gasteiger partial charge in [-0.3, -0.25) is 10.1 Å². The van der Waals surface area contributed by atoms with E-state index < -0.39 is 11.0 Å². The summed E-state index contributed by atoms with van der Waals surface area (Å²) in [6.45, 7) is 1.41. The van der Waals surface area contributed by atoms with Crippen LogP contribution in [0.1, 0.15) is 11.7 Å². The highest BCUT2D eigenvalue weighted by Gasteiger charge is 2.12. The fourth-order valence-corrected chi connectivity index (χ4v) is 1.38. The Morgan fingerprint density at radius 3 is 2.83 bits per heavy atom. The van der Waals surface area contributed by atoms with Crippen molar-refractivity contribution in [2.75, 3.05) is 33.9 Å². The minimum Gasteiger partial charge on any atom is -0.386 e. The molecule has 0 spiro atoms. The number of aliphatic hydroxyl groups is 1. The Balaban J connectivity index is 2.48. The Bertz CT molecular complexity index is 395. The van der Waals surface area contributed by atoms with Gasteiger partial charge in [-0.25, -0.2) is 0 Å². The zero-order chi connectivity index (χ0) is 13.5. The van der Waals surface area contributed by atoms with Gasteiger partial charge in [-0.15, -0.1) is 0 Å². The van der Waals surface area contributed by atoms with Crippen LogP contribution in [0.5, 0.6) is 0 Å². The second-order valence-corrected chi connectivity index (χ2v) is 4.25. The van der Waals surface area contributed by atoms with Gasteiger partial charge in [0, 0.05) is 18.7 Å². The van der Waals surface area contributed by atoms with Crippen molar-refractivity contribution in [1.82, 2.24) is 4.90 Å². The van der Waals surface area contributed by atoms with Crippen molar-refractivity contribution in [2.45, 2.75) is 6.10 Å². The van der Waals surface area contributed by atoms with Crippen LogP contribution in [0.15, 0.2) is 24.3 Å². The highest BCUT2D eigenvalue weighted by atomic mass is 16.6. The Hall–Kier alpha value is -1.50. The summed E-state index contributed by atoms with van der Waals surface area (Å²) in [6, 6.07) is 5.95. The van der Waals surface area contributed by atoms with Crippen molar-refractivity contribution >= 4 is 5.69 Å². The van der Waals surface area contributed by atoms with Crippen molar-refractivity contribution in [3.63, 3.8) is 0 Å². The first-order chi connectivity index (χ1) is 8.50. The lowest BCUT2D eigenvalue weighted by molar-refractivity contribution is -0.385. The lowest BCUT2D eigenvalue weighted by Gasteiger charge is -2.13. The van der Waals surface area contributed by atoms with Gasteiger partial charge >= 0.3 is 0 Å². The molecule has 0 saturated carbocycles. The molecule has 0 heterocycles. The number of ether oxygens (including phenoxy) is 1. The van der Waals surface area contributed by atoms with Gasteiger partial charge in [0.05, 0.1) is 18.1 Å². The van der Waals surface area contributed by atoms with Gasteiger partial charge in [-0.1, -0.05) is 12.1 Å². The SMILES string of the molecule is CN(C)CCOCC(O)c1cccc([N+](=O)[O-])c1. The lowest BCUT2D eigenvalue weighted by Crippen LogP contribution is -2.19. The number of hydrogen-bond donors (Lipinski definition) is 1. The fraction of sp³-hybridized carbons (Fsp3) is 0.500. The molecule has 0 aliphatic rings. The topological polar surface area (TPSA) is 75.8 Å². The maximum Gasteiger partial charge on any atom is 0.269 e.